The molecule has 2 aromatic rings. The highest BCUT2D eigenvalue weighted by molar-refractivity contribution is 7.16. The van der Waals surface area contributed by atoms with Crippen LogP contribution in [-0.4, -0.2) is 29.9 Å². The fraction of sp³-hybridized carbons (Fsp3) is 0.560. The first-order valence-electron chi connectivity index (χ1n) is 11.9. The van der Waals surface area contributed by atoms with Gasteiger partial charge in [-0.15, -0.1) is 11.3 Å². The van der Waals surface area contributed by atoms with Crippen LogP contribution < -0.4 is 15.0 Å². The number of hydrogen-bond acceptors (Lipinski definition) is 5. The molecular weight excluding hydrogens is 422 g/mol. The molecule has 0 unspecified atom stereocenters. The Balaban J connectivity index is 1.44. The minimum atomic E-state index is -0.0375. The maximum Gasteiger partial charge on any atom is 0.265 e. The zero-order valence-electron chi connectivity index (χ0n) is 19.3. The van der Waals surface area contributed by atoms with Gasteiger partial charge in [0.1, 0.15) is 5.75 Å². The van der Waals surface area contributed by atoms with E-state index in [-0.39, 0.29) is 24.3 Å². The summed E-state index contributed by atoms with van der Waals surface area (Å²) in [5.74, 6) is 1.65. The Morgan fingerprint density at radius 1 is 1.25 bits per heavy atom. The van der Waals surface area contributed by atoms with E-state index in [4.69, 9.17) is 9.72 Å². The molecule has 0 radical (unpaired) electrons. The number of ether oxygens (including phenoxy) is 1. The second-order valence-corrected chi connectivity index (χ2v) is 10.1. The topological polar surface area (TPSA) is 71.5 Å². The Morgan fingerprint density at radius 2 is 2.03 bits per heavy atom. The summed E-state index contributed by atoms with van der Waals surface area (Å²) in [7, 11) is 0. The van der Waals surface area contributed by atoms with Gasteiger partial charge < -0.3 is 15.0 Å². The first-order chi connectivity index (χ1) is 15.5. The quantitative estimate of drug-likeness (QED) is 0.573. The van der Waals surface area contributed by atoms with E-state index in [0.29, 0.717) is 17.4 Å². The van der Waals surface area contributed by atoms with Crippen molar-refractivity contribution in [1.82, 2.24) is 4.98 Å². The molecule has 4 rings (SSSR count). The summed E-state index contributed by atoms with van der Waals surface area (Å²) in [6.07, 6.45) is 8.10. The van der Waals surface area contributed by atoms with Gasteiger partial charge in [-0.25, -0.2) is 4.98 Å². The summed E-state index contributed by atoms with van der Waals surface area (Å²) >= 11 is 1.50. The molecule has 32 heavy (non-hydrogen) atoms. The first-order valence-corrected chi connectivity index (χ1v) is 12.7. The van der Waals surface area contributed by atoms with Gasteiger partial charge in [-0.1, -0.05) is 26.2 Å². The van der Waals surface area contributed by atoms with E-state index in [1.54, 1.807) is 4.90 Å². The molecule has 0 spiro atoms. The van der Waals surface area contributed by atoms with E-state index in [0.717, 1.165) is 53.4 Å². The zero-order chi connectivity index (χ0) is 22.7. The van der Waals surface area contributed by atoms with Gasteiger partial charge in [-0.3, -0.25) is 9.59 Å². The van der Waals surface area contributed by atoms with Crippen LogP contribution in [0.5, 0.6) is 5.75 Å². The summed E-state index contributed by atoms with van der Waals surface area (Å²) in [6.45, 7) is 6.88. The lowest BCUT2D eigenvalue weighted by molar-refractivity contribution is -0.121. The molecule has 172 valence electrons. The molecule has 1 N–H and O–H groups in total. The summed E-state index contributed by atoms with van der Waals surface area (Å²) in [5, 5.41) is 3.72. The number of carbonyl (C=O) groups is 2. The van der Waals surface area contributed by atoms with Crippen molar-refractivity contribution in [3.8, 4) is 17.0 Å². The van der Waals surface area contributed by atoms with Crippen molar-refractivity contribution in [2.24, 2.45) is 11.8 Å². The molecule has 1 aliphatic carbocycles. The summed E-state index contributed by atoms with van der Waals surface area (Å²) in [4.78, 5) is 32.5. The number of rotatable bonds is 7. The van der Waals surface area contributed by atoms with Crippen molar-refractivity contribution in [1.29, 1.82) is 0 Å². The van der Waals surface area contributed by atoms with E-state index >= 15 is 0 Å². The van der Waals surface area contributed by atoms with Gasteiger partial charge in [0, 0.05) is 22.9 Å². The van der Waals surface area contributed by atoms with Gasteiger partial charge in [-0.05, 0) is 63.6 Å². The van der Waals surface area contributed by atoms with Crippen LogP contribution in [-0.2, 0) is 9.59 Å². The number of nitrogens with one attached hydrogen (secondary N) is 1. The van der Waals surface area contributed by atoms with Gasteiger partial charge >= 0.3 is 0 Å². The molecule has 0 bridgehead atoms. The van der Waals surface area contributed by atoms with E-state index in [1.165, 1.54) is 30.6 Å². The van der Waals surface area contributed by atoms with Gasteiger partial charge in [-0.2, -0.15) is 0 Å². The molecule has 7 heteroatoms. The molecule has 1 aliphatic heterocycles. The maximum atomic E-state index is 12.8. The Labute approximate surface area is 194 Å². The number of nitrogens with zero attached hydrogens (tertiary/aromatic N) is 2. The van der Waals surface area contributed by atoms with Crippen molar-refractivity contribution < 1.29 is 14.3 Å². The predicted octanol–water partition coefficient (Wildman–Crippen LogP) is 5.80. The van der Waals surface area contributed by atoms with E-state index < -0.39 is 0 Å². The molecule has 1 aromatic carbocycles. The molecule has 2 heterocycles. The number of unbranched alkanes of at least 4 members (excludes halogenated alkanes) is 1. The van der Waals surface area contributed by atoms with Crippen LogP contribution >= 0.6 is 11.3 Å². The fourth-order valence-corrected chi connectivity index (χ4v) is 5.67. The number of likely N-dealkylation sites (N-methyl/N-ethyl adjacent to an activating group) is 1. The molecule has 0 saturated heterocycles. The molecule has 0 atom stereocenters. The number of aromatic nitrogens is 1. The number of aryl methyl sites for hydroxylation is 1. The van der Waals surface area contributed by atoms with Crippen molar-refractivity contribution in [2.75, 3.05) is 23.4 Å². The average molecular weight is 456 g/mol. The lowest BCUT2D eigenvalue weighted by Crippen LogP contribution is -2.38. The minimum Gasteiger partial charge on any atom is -0.482 e. The second-order valence-electron chi connectivity index (χ2n) is 8.88. The van der Waals surface area contributed by atoms with Crippen molar-refractivity contribution >= 4 is 34.0 Å². The molecular formula is C25H33N3O3S. The van der Waals surface area contributed by atoms with Crippen molar-refractivity contribution in [3.05, 3.63) is 23.1 Å². The summed E-state index contributed by atoms with van der Waals surface area (Å²) < 4.78 is 5.58. The van der Waals surface area contributed by atoms with Crippen LogP contribution in [0.4, 0.5) is 10.8 Å². The second kappa shape index (κ2) is 10.0. The van der Waals surface area contributed by atoms with Crippen LogP contribution in [0, 0.1) is 18.8 Å². The van der Waals surface area contributed by atoms with E-state index in [1.807, 2.05) is 32.0 Å². The third-order valence-electron chi connectivity index (χ3n) is 6.70. The number of anilines is 2. The summed E-state index contributed by atoms with van der Waals surface area (Å²) in [6, 6.07) is 5.82. The van der Waals surface area contributed by atoms with Crippen molar-refractivity contribution in [3.63, 3.8) is 0 Å². The van der Waals surface area contributed by atoms with Gasteiger partial charge in [0.25, 0.3) is 5.91 Å². The normalized spacial score (nSPS) is 20.6. The number of fused-ring (bicyclic) bond motifs is 1. The smallest absolute Gasteiger partial charge is 0.265 e. The predicted molar refractivity (Wildman–Crippen MR) is 129 cm³/mol. The number of benzene rings is 1. The molecule has 6 nitrogen and oxygen atoms in total. The third-order valence-corrected chi connectivity index (χ3v) is 7.59. The monoisotopic (exact) mass is 455 g/mol. The van der Waals surface area contributed by atoms with Gasteiger partial charge in [0.15, 0.2) is 11.7 Å². The number of carbonyl (C=O) groups excluding carboxylic acids is 2. The lowest BCUT2D eigenvalue weighted by atomic mass is 9.79. The number of thiazole rings is 1. The summed E-state index contributed by atoms with van der Waals surface area (Å²) in [5.41, 5.74) is 2.54. The molecule has 2 amide bonds. The lowest BCUT2D eigenvalue weighted by Gasteiger charge is -2.28. The zero-order valence-corrected chi connectivity index (χ0v) is 20.1. The fourth-order valence-electron chi connectivity index (χ4n) is 4.83. The van der Waals surface area contributed by atoms with Crippen molar-refractivity contribution in [2.45, 2.75) is 65.7 Å². The molecule has 1 saturated carbocycles. The average Bonchev–Trinajstić information content (AvgIpc) is 3.17. The van der Waals surface area contributed by atoms with Crippen LogP contribution in [0.2, 0.25) is 0 Å². The molecule has 2 aliphatic rings. The molecule has 1 aromatic heterocycles. The largest absolute Gasteiger partial charge is 0.482 e. The Morgan fingerprint density at radius 3 is 2.75 bits per heavy atom. The SMILES string of the molecule is CCCCC1CCC(C(=O)Nc2nc(-c3ccc4c(c3)N(CC)C(=O)CO4)c(C)s2)CC1. The van der Waals surface area contributed by atoms with Crippen LogP contribution in [0.3, 0.4) is 0 Å². The highest BCUT2D eigenvalue weighted by Gasteiger charge is 2.28. The van der Waals surface area contributed by atoms with Gasteiger partial charge in [0.2, 0.25) is 5.91 Å². The third kappa shape index (κ3) is 4.82. The Kier molecular flexibility index (Phi) is 7.13. The Hall–Kier alpha value is -2.41. The maximum absolute atomic E-state index is 12.8. The molecule has 1 fully saturated rings. The van der Waals surface area contributed by atoms with Crippen LogP contribution in [0.25, 0.3) is 11.3 Å². The highest BCUT2D eigenvalue weighted by atomic mass is 32.1. The number of amides is 2. The minimum absolute atomic E-state index is 0.0375. The van der Waals surface area contributed by atoms with Crippen LogP contribution in [0.15, 0.2) is 18.2 Å². The van der Waals surface area contributed by atoms with Gasteiger partial charge in [0.05, 0.1) is 11.4 Å². The first kappa shape index (κ1) is 22.8. The number of hydrogen-bond donors (Lipinski definition) is 1. The van der Waals surface area contributed by atoms with E-state index in [2.05, 4.69) is 12.2 Å². The van der Waals surface area contributed by atoms with Crippen LogP contribution in [0.1, 0.15) is 63.7 Å². The Bertz CT molecular complexity index is 979. The standard InChI is InChI=1S/C25H33N3O3S/c1-4-6-7-17-8-10-18(11-9-17)24(30)27-25-26-23(16(3)32-25)19-12-13-21-20(14-19)28(5-2)22(29)15-31-21/h12-14,17-18H,4-11,15H2,1-3H3,(H,26,27,30). The highest BCUT2D eigenvalue weighted by Crippen LogP contribution is 2.39. The van der Waals surface area contributed by atoms with E-state index in [9.17, 15) is 9.59 Å².